The number of halogens is 3. The van der Waals surface area contributed by atoms with Crippen molar-refractivity contribution in [2.24, 2.45) is 0 Å². The van der Waals surface area contributed by atoms with Crippen LogP contribution in [0.1, 0.15) is 22.1 Å². The van der Waals surface area contributed by atoms with Gasteiger partial charge in [0.25, 0.3) is 0 Å². The summed E-state index contributed by atoms with van der Waals surface area (Å²) in [6.07, 6.45) is -1.05. The molecular weight excluding hydrogens is 278 g/mol. The Balaban J connectivity index is 2.23. The third kappa shape index (κ3) is 2.71. The molecule has 0 aliphatic carbocycles. The van der Waals surface area contributed by atoms with Gasteiger partial charge in [-0.25, -0.2) is 8.78 Å². The molecule has 2 aromatic rings. The van der Waals surface area contributed by atoms with Crippen LogP contribution in [0.3, 0.4) is 0 Å². The highest BCUT2D eigenvalue weighted by Crippen LogP contribution is 2.33. The van der Waals surface area contributed by atoms with Crippen LogP contribution in [0.25, 0.3) is 0 Å². The fraction of sp³-hybridized carbons (Fsp3) is 0.231. The summed E-state index contributed by atoms with van der Waals surface area (Å²) in [5.74, 6) is -1.29. The fourth-order valence-corrected chi connectivity index (χ4v) is 2.87. The minimum absolute atomic E-state index is 0.102. The average Bonchev–Trinajstić information content (AvgIpc) is 2.64. The van der Waals surface area contributed by atoms with Crippen LogP contribution in [0.2, 0.25) is 4.34 Å². The van der Waals surface area contributed by atoms with Crippen molar-refractivity contribution in [3.8, 4) is 0 Å². The Bertz CT molecular complexity index is 528. The molecule has 1 N–H and O–H groups in total. The van der Waals surface area contributed by atoms with E-state index in [1.165, 1.54) is 29.5 Å². The number of benzene rings is 1. The van der Waals surface area contributed by atoms with E-state index in [1.54, 1.807) is 6.07 Å². The molecule has 1 unspecified atom stereocenters. The van der Waals surface area contributed by atoms with Gasteiger partial charge in [0.1, 0.15) is 11.6 Å². The number of thiophene rings is 1. The lowest BCUT2D eigenvalue weighted by Gasteiger charge is -2.10. The summed E-state index contributed by atoms with van der Waals surface area (Å²) in [5, 5.41) is 9.98. The van der Waals surface area contributed by atoms with Crippen molar-refractivity contribution in [3.63, 3.8) is 0 Å². The van der Waals surface area contributed by atoms with Gasteiger partial charge in [0.15, 0.2) is 0 Å². The van der Waals surface area contributed by atoms with E-state index >= 15 is 0 Å². The van der Waals surface area contributed by atoms with E-state index in [4.69, 9.17) is 11.6 Å². The van der Waals surface area contributed by atoms with Gasteiger partial charge >= 0.3 is 0 Å². The molecule has 1 atom stereocenters. The van der Waals surface area contributed by atoms with Gasteiger partial charge in [-0.15, -0.1) is 11.3 Å². The predicted molar refractivity (Wildman–Crippen MR) is 69.1 cm³/mol. The first-order valence-corrected chi connectivity index (χ1v) is 6.55. The second-order valence-corrected chi connectivity index (χ2v) is 5.71. The van der Waals surface area contributed by atoms with Crippen LogP contribution in [-0.4, -0.2) is 5.11 Å². The molecule has 0 saturated heterocycles. The van der Waals surface area contributed by atoms with Crippen molar-refractivity contribution >= 4 is 22.9 Å². The van der Waals surface area contributed by atoms with Crippen LogP contribution in [0.5, 0.6) is 0 Å². The molecule has 1 heterocycles. The largest absolute Gasteiger partial charge is 0.387 e. The molecular formula is C13H11ClF2OS. The maximum Gasteiger partial charge on any atom is 0.129 e. The zero-order chi connectivity index (χ0) is 13.3. The lowest BCUT2D eigenvalue weighted by Crippen LogP contribution is -2.04. The molecule has 0 bridgehead atoms. The van der Waals surface area contributed by atoms with Crippen LogP contribution in [0, 0.1) is 18.6 Å². The fourth-order valence-electron chi connectivity index (χ4n) is 1.67. The highest BCUT2D eigenvalue weighted by molar-refractivity contribution is 7.16. The summed E-state index contributed by atoms with van der Waals surface area (Å²) < 4.78 is 27.5. The van der Waals surface area contributed by atoms with Crippen molar-refractivity contribution in [2.45, 2.75) is 19.4 Å². The molecule has 0 fully saturated rings. The highest BCUT2D eigenvalue weighted by atomic mass is 35.5. The average molecular weight is 289 g/mol. The Kier molecular flexibility index (Phi) is 4.00. The van der Waals surface area contributed by atoms with E-state index in [-0.39, 0.29) is 12.0 Å². The molecule has 0 aliphatic rings. The molecule has 0 spiro atoms. The van der Waals surface area contributed by atoms with Gasteiger partial charge in [-0.1, -0.05) is 17.7 Å². The van der Waals surface area contributed by atoms with Crippen molar-refractivity contribution in [1.82, 2.24) is 0 Å². The molecule has 0 radical (unpaired) electrons. The molecule has 0 amide bonds. The maximum absolute atomic E-state index is 13.4. The summed E-state index contributed by atoms with van der Waals surface area (Å²) in [6, 6.07) is 5.39. The summed E-state index contributed by atoms with van der Waals surface area (Å²) in [5.41, 5.74) is 0.747. The summed E-state index contributed by atoms with van der Waals surface area (Å²) in [7, 11) is 0. The second kappa shape index (κ2) is 5.34. The SMILES string of the molecule is Cc1cc(C(O)Cc2c(F)cccc2F)sc1Cl. The Hall–Kier alpha value is -0.970. The van der Waals surface area contributed by atoms with E-state index in [1.807, 2.05) is 6.92 Å². The predicted octanol–water partition coefficient (Wildman–Crippen LogP) is 4.26. The van der Waals surface area contributed by atoms with Gasteiger partial charge < -0.3 is 5.11 Å². The Morgan fingerprint density at radius 3 is 2.44 bits per heavy atom. The second-order valence-electron chi connectivity index (χ2n) is 4.03. The number of rotatable bonds is 3. The van der Waals surface area contributed by atoms with Crippen molar-refractivity contribution in [1.29, 1.82) is 0 Å². The van der Waals surface area contributed by atoms with Crippen LogP contribution < -0.4 is 0 Å². The van der Waals surface area contributed by atoms with Crippen LogP contribution >= 0.6 is 22.9 Å². The van der Waals surface area contributed by atoms with Gasteiger partial charge in [0, 0.05) is 16.9 Å². The lowest BCUT2D eigenvalue weighted by atomic mass is 10.1. The molecule has 1 aromatic heterocycles. The third-order valence-electron chi connectivity index (χ3n) is 2.66. The van der Waals surface area contributed by atoms with Gasteiger partial charge in [0.05, 0.1) is 10.4 Å². The van der Waals surface area contributed by atoms with Crippen molar-refractivity contribution in [2.75, 3.05) is 0 Å². The lowest BCUT2D eigenvalue weighted by molar-refractivity contribution is 0.179. The molecule has 96 valence electrons. The quantitative estimate of drug-likeness (QED) is 0.894. The van der Waals surface area contributed by atoms with E-state index < -0.39 is 17.7 Å². The zero-order valence-electron chi connectivity index (χ0n) is 9.58. The molecule has 5 heteroatoms. The number of hydrogen-bond donors (Lipinski definition) is 1. The van der Waals surface area contributed by atoms with E-state index in [2.05, 4.69) is 0 Å². The number of aliphatic hydroxyl groups excluding tert-OH is 1. The standard InChI is InChI=1S/C13H11ClF2OS/c1-7-5-12(18-13(7)14)11(17)6-8-9(15)3-2-4-10(8)16/h2-5,11,17H,6H2,1H3. The maximum atomic E-state index is 13.4. The minimum Gasteiger partial charge on any atom is -0.387 e. The van der Waals surface area contributed by atoms with Crippen LogP contribution in [0.15, 0.2) is 24.3 Å². The molecule has 1 aromatic carbocycles. The number of aliphatic hydroxyl groups is 1. The summed E-state index contributed by atoms with van der Waals surface area (Å²) in [6.45, 7) is 1.82. The monoisotopic (exact) mass is 288 g/mol. The normalized spacial score (nSPS) is 12.7. The molecule has 0 saturated carbocycles. The Morgan fingerprint density at radius 1 is 1.33 bits per heavy atom. The first kappa shape index (κ1) is 13.5. The van der Waals surface area contributed by atoms with Gasteiger partial charge in [0.2, 0.25) is 0 Å². The number of hydrogen-bond acceptors (Lipinski definition) is 2. The zero-order valence-corrected chi connectivity index (χ0v) is 11.2. The molecule has 1 nitrogen and oxygen atoms in total. The summed E-state index contributed by atoms with van der Waals surface area (Å²) in [4.78, 5) is 0.611. The van der Waals surface area contributed by atoms with E-state index in [0.717, 1.165) is 5.56 Å². The minimum atomic E-state index is -0.951. The highest BCUT2D eigenvalue weighted by Gasteiger charge is 2.17. The van der Waals surface area contributed by atoms with Crippen molar-refractivity contribution < 1.29 is 13.9 Å². The first-order chi connectivity index (χ1) is 8.49. The van der Waals surface area contributed by atoms with Crippen LogP contribution in [-0.2, 0) is 6.42 Å². The van der Waals surface area contributed by atoms with Gasteiger partial charge in [-0.3, -0.25) is 0 Å². The smallest absolute Gasteiger partial charge is 0.129 e. The van der Waals surface area contributed by atoms with Gasteiger partial charge in [-0.2, -0.15) is 0 Å². The van der Waals surface area contributed by atoms with E-state index in [9.17, 15) is 13.9 Å². The summed E-state index contributed by atoms with van der Waals surface area (Å²) >= 11 is 7.12. The Morgan fingerprint density at radius 2 is 1.94 bits per heavy atom. The number of aryl methyl sites for hydroxylation is 1. The van der Waals surface area contributed by atoms with Crippen LogP contribution in [0.4, 0.5) is 8.78 Å². The molecule has 0 aliphatic heterocycles. The van der Waals surface area contributed by atoms with Gasteiger partial charge in [-0.05, 0) is 30.7 Å². The molecule has 2 rings (SSSR count). The first-order valence-electron chi connectivity index (χ1n) is 5.36. The van der Waals surface area contributed by atoms with E-state index in [0.29, 0.717) is 9.21 Å². The van der Waals surface area contributed by atoms with Crippen molar-refractivity contribution in [3.05, 3.63) is 56.2 Å². The molecule has 18 heavy (non-hydrogen) atoms. The Labute approximate surface area is 113 Å². The third-order valence-corrected chi connectivity index (χ3v) is 4.32. The topological polar surface area (TPSA) is 20.2 Å².